The van der Waals surface area contributed by atoms with Crippen molar-refractivity contribution in [2.75, 3.05) is 6.61 Å². The smallest absolute Gasteiger partial charge is 0.338 e. The van der Waals surface area contributed by atoms with Crippen LogP contribution in [0.15, 0.2) is 90.3 Å². The molecular formula is C31H28O5S. The molecule has 1 saturated heterocycles. The third kappa shape index (κ3) is 5.98. The molecule has 188 valence electrons. The summed E-state index contributed by atoms with van der Waals surface area (Å²) in [5, 5.41) is 2.05. The molecule has 0 aliphatic carbocycles. The number of carbonyl (C=O) groups excluding carboxylic acids is 2. The first-order chi connectivity index (χ1) is 18.0. The van der Waals surface area contributed by atoms with Gasteiger partial charge in [-0.15, -0.1) is 11.3 Å². The maximum atomic E-state index is 12.9. The van der Waals surface area contributed by atoms with Gasteiger partial charge >= 0.3 is 11.9 Å². The molecule has 1 fully saturated rings. The van der Waals surface area contributed by atoms with Crippen LogP contribution in [-0.4, -0.2) is 30.8 Å². The second-order valence-electron chi connectivity index (χ2n) is 9.27. The molecule has 1 aromatic heterocycles. The lowest BCUT2D eigenvalue weighted by molar-refractivity contribution is -0.0427. The molecule has 0 unspecified atom stereocenters. The first kappa shape index (κ1) is 24.9. The van der Waals surface area contributed by atoms with Crippen LogP contribution in [0.5, 0.6) is 0 Å². The second kappa shape index (κ2) is 11.1. The van der Waals surface area contributed by atoms with Crippen molar-refractivity contribution in [2.24, 2.45) is 0 Å². The van der Waals surface area contributed by atoms with Gasteiger partial charge in [-0.1, -0.05) is 65.7 Å². The van der Waals surface area contributed by atoms with Gasteiger partial charge in [0.25, 0.3) is 0 Å². The standard InChI is InChI=1S/C31H28O5S/c1-20-5-9-24(10-6-20)30(32)34-19-28-27(36-31(33)25-11-7-21(2)8-12-25)18-26(35-28)22-13-15-23(16-14-22)29-4-3-17-37-29/h3-17,26-28H,18-19H2,1-2H3/t26-,27+,28-/m1/s1. The van der Waals surface area contributed by atoms with Gasteiger partial charge in [0, 0.05) is 11.3 Å². The SMILES string of the molecule is Cc1ccc(C(=O)OC[C@H]2O[C@@H](c3ccc(-c4cccs4)cc3)C[C@@H]2OC(=O)c2ccc(C)cc2)cc1. The molecule has 4 aromatic rings. The lowest BCUT2D eigenvalue weighted by Crippen LogP contribution is -2.32. The summed E-state index contributed by atoms with van der Waals surface area (Å²) < 4.78 is 17.8. The van der Waals surface area contributed by atoms with Gasteiger partial charge in [-0.25, -0.2) is 9.59 Å². The normalized spacial score (nSPS) is 18.9. The van der Waals surface area contributed by atoms with E-state index in [1.165, 1.54) is 4.88 Å². The van der Waals surface area contributed by atoms with Crippen LogP contribution in [0, 0.1) is 13.8 Å². The predicted molar refractivity (Wildman–Crippen MR) is 144 cm³/mol. The summed E-state index contributed by atoms with van der Waals surface area (Å²) in [5.41, 5.74) is 5.20. The number of benzene rings is 3. The van der Waals surface area contributed by atoms with Crippen molar-refractivity contribution in [1.29, 1.82) is 0 Å². The fraction of sp³-hybridized carbons (Fsp3) is 0.226. The van der Waals surface area contributed by atoms with Crippen LogP contribution in [0.2, 0.25) is 0 Å². The minimum Gasteiger partial charge on any atom is -0.459 e. The van der Waals surface area contributed by atoms with Gasteiger partial charge in [0.1, 0.15) is 18.8 Å². The van der Waals surface area contributed by atoms with Crippen molar-refractivity contribution < 1.29 is 23.8 Å². The van der Waals surface area contributed by atoms with E-state index >= 15 is 0 Å². The van der Waals surface area contributed by atoms with Gasteiger partial charge in [0.2, 0.25) is 0 Å². The molecule has 3 atom stereocenters. The summed E-state index contributed by atoms with van der Waals surface area (Å²) in [4.78, 5) is 26.7. The van der Waals surface area contributed by atoms with Gasteiger partial charge in [0.05, 0.1) is 17.2 Å². The molecule has 1 aliphatic rings. The Labute approximate surface area is 220 Å². The minimum absolute atomic E-state index is 0.0116. The zero-order chi connectivity index (χ0) is 25.8. The monoisotopic (exact) mass is 512 g/mol. The van der Waals surface area contributed by atoms with Crippen LogP contribution >= 0.6 is 11.3 Å². The van der Waals surface area contributed by atoms with Crippen LogP contribution in [0.4, 0.5) is 0 Å². The Hall–Kier alpha value is -3.74. The predicted octanol–water partition coefficient (Wildman–Crippen LogP) is 6.94. The van der Waals surface area contributed by atoms with E-state index in [-0.39, 0.29) is 12.7 Å². The summed E-state index contributed by atoms with van der Waals surface area (Å²) in [5.74, 6) is -0.854. The molecule has 0 saturated carbocycles. The van der Waals surface area contributed by atoms with E-state index in [0.717, 1.165) is 22.3 Å². The van der Waals surface area contributed by atoms with Crippen LogP contribution in [-0.2, 0) is 14.2 Å². The molecule has 3 aromatic carbocycles. The zero-order valence-corrected chi connectivity index (χ0v) is 21.6. The molecule has 5 rings (SSSR count). The fourth-order valence-electron chi connectivity index (χ4n) is 4.33. The number of hydrogen-bond donors (Lipinski definition) is 0. The molecular weight excluding hydrogens is 484 g/mol. The highest BCUT2D eigenvalue weighted by Gasteiger charge is 2.39. The first-order valence-electron chi connectivity index (χ1n) is 12.3. The third-order valence-electron chi connectivity index (χ3n) is 6.50. The molecule has 5 nitrogen and oxygen atoms in total. The lowest BCUT2D eigenvalue weighted by Gasteiger charge is -2.19. The Kier molecular flexibility index (Phi) is 7.49. The molecule has 1 aliphatic heterocycles. The van der Waals surface area contributed by atoms with Crippen LogP contribution in [0.25, 0.3) is 10.4 Å². The molecule has 37 heavy (non-hydrogen) atoms. The van der Waals surface area contributed by atoms with E-state index in [0.29, 0.717) is 17.5 Å². The maximum absolute atomic E-state index is 12.9. The summed E-state index contributed by atoms with van der Waals surface area (Å²) in [6.45, 7) is 3.91. The van der Waals surface area contributed by atoms with Crippen LogP contribution in [0.3, 0.4) is 0 Å². The Balaban J connectivity index is 1.30. The first-order valence-corrected chi connectivity index (χ1v) is 13.1. The number of ether oxygens (including phenoxy) is 3. The van der Waals surface area contributed by atoms with Gasteiger partial charge in [-0.2, -0.15) is 0 Å². The van der Waals surface area contributed by atoms with Crippen molar-refractivity contribution in [3.8, 4) is 10.4 Å². The molecule has 0 bridgehead atoms. The van der Waals surface area contributed by atoms with E-state index in [2.05, 4.69) is 23.6 Å². The Bertz CT molecular complexity index is 1340. The van der Waals surface area contributed by atoms with Crippen LogP contribution < -0.4 is 0 Å². The molecule has 2 heterocycles. The number of esters is 2. The fourth-order valence-corrected chi connectivity index (χ4v) is 5.07. The highest BCUT2D eigenvalue weighted by molar-refractivity contribution is 7.13. The summed E-state index contributed by atoms with van der Waals surface area (Å²) in [6, 6.07) is 26.8. The van der Waals surface area contributed by atoms with E-state index < -0.39 is 24.1 Å². The van der Waals surface area contributed by atoms with Gasteiger partial charge in [-0.05, 0) is 60.7 Å². The van der Waals surface area contributed by atoms with Gasteiger partial charge in [-0.3, -0.25) is 0 Å². The average molecular weight is 513 g/mol. The number of thiophene rings is 1. The Morgan fingerprint density at radius 1 is 0.838 bits per heavy atom. The minimum atomic E-state index is -0.578. The van der Waals surface area contributed by atoms with Crippen molar-refractivity contribution in [3.63, 3.8) is 0 Å². The van der Waals surface area contributed by atoms with Crippen molar-refractivity contribution in [3.05, 3.63) is 118 Å². The van der Waals surface area contributed by atoms with Gasteiger partial charge < -0.3 is 14.2 Å². The topological polar surface area (TPSA) is 61.8 Å². The Morgan fingerprint density at radius 3 is 2.05 bits per heavy atom. The number of rotatable bonds is 7. The maximum Gasteiger partial charge on any atom is 0.338 e. The van der Waals surface area contributed by atoms with E-state index in [1.54, 1.807) is 35.6 Å². The summed E-state index contributed by atoms with van der Waals surface area (Å²) in [7, 11) is 0. The van der Waals surface area contributed by atoms with E-state index in [1.807, 2.05) is 56.3 Å². The molecule has 6 heteroatoms. The van der Waals surface area contributed by atoms with E-state index in [9.17, 15) is 9.59 Å². The summed E-state index contributed by atoms with van der Waals surface area (Å²) in [6.07, 6.45) is -0.938. The van der Waals surface area contributed by atoms with Crippen molar-refractivity contribution >= 4 is 23.3 Å². The number of hydrogen-bond acceptors (Lipinski definition) is 6. The van der Waals surface area contributed by atoms with Crippen molar-refractivity contribution in [2.45, 2.75) is 38.6 Å². The van der Waals surface area contributed by atoms with Crippen LogP contribution in [0.1, 0.15) is 49.9 Å². The molecule has 0 N–H and O–H groups in total. The quantitative estimate of drug-likeness (QED) is 0.251. The largest absolute Gasteiger partial charge is 0.459 e. The molecule has 0 radical (unpaired) electrons. The number of carbonyl (C=O) groups is 2. The zero-order valence-electron chi connectivity index (χ0n) is 20.8. The van der Waals surface area contributed by atoms with Gasteiger partial charge in [0.15, 0.2) is 0 Å². The van der Waals surface area contributed by atoms with Crippen molar-refractivity contribution in [1.82, 2.24) is 0 Å². The summed E-state index contributed by atoms with van der Waals surface area (Å²) >= 11 is 1.69. The second-order valence-corrected chi connectivity index (χ2v) is 10.2. The highest BCUT2D eigenvalue weighted by Crippen LogP contribution is 2.36. The Morgan fingerprint density at radius 2 is 1.46 bits per heavy atom. The third-order valence-corrected chi connectivity index (χ3v) is 7.42. The highest BCUT2D eigenvalue weighted by atomic mass is 32.1. The lowest BCUT2D eigenvalue weighted by atomic mass is 10.0. The molecule has 0 spiro atoms. The molecule has 0 amide bonds. The average Bonchev–Trinajstić information content (AvgIpc) is 3.59. The number of aryl methyl sites for hydroxylation is 2. The van der Waals surface area contributed by atoms with E-state index in [4.69, 9.17) is 14.2 Å².